The highest BCUT2D eigenvalue weighted by Gasteiger charge is 2.15. The molecule has 18 heavy (non-hydrogen) atoms. The summed E-state index contributed by atoms with van der Waals surface area (Å²) in [6.07, 6.45) is 0.987. The molecule has 0 bridgehead atoms. The van der Waals surface area contributed by atoms with E-state index in [9.17, 15) is 0 Å². The van der Waals surface area contributed by atoms with E-state index in [1.807, 2.05) is 20.0 Å². The van der Waals surface area contributed by atoms with Crippen LogP contribution in [0.25, 0.3) is 10.9 Å². The third-order valence-electron chi connectivity index (χ3n) is 3.33. The fourth-order valence-corrected chi connectivity index (χ4v) is 2.16. The lowest BCUT2D eigenvalue weighted by Crippen LogP contribution is -2.38. The first-order valence-electron chi connectivity index (χ1n) is 6.16. The zero-order valence-corrected chi connectivity index (χ0v) is 12.1. The van der Waals surface area contributed by atoms with Crippen LogP contribution in [-0.4, -0.2) is 17.6 Å². The molecule has 0 aliphatic rings. The lowest BCUT2D eigenvalue weighted by atomic mass is 9.94. The Morgan fingerprint density at radius 3 is 2.67 bits per heavy atom. The van der Waals surface area contributed by atoms with Crippen molar-refractivity contribution in [3.63, 3.8) is 0 Å². The Hall–Kier alpha value is -1.12. The summed E-state index contributed by atoms with van der Waals surface area (Å²) in [6.45, 7) is 6.38. The van der Waals surface area contributed by atoms with Crippen molar-refractivity contribution in [2.75, 3.05) is 7.05 Å². The highest BCUT2D eigenvalue weighted by Crippen LogP contribution is 2.22. The van der Waals surface area contributed by atoms with Crippen LogP contribution in [0.1, 0.15) is 25.0 Å². The van der Waals surface area contributed by atoms with Gasteiger partial charge in [-0.15, -0.1) is 0 Å². The van der Waals surface area contributed by atoms with Crippen molar-refractivity contribution in [2.24, 2.45) is 0 Å². The largest absolute Gasteiger partial charge is 0.314 e. The van der Waals surface area contributed by atoms with Crippen molar-refractivity contribution in [3.8, 4) is 0 Å². The Bertz CT molecular complexity index is 576. The Balaban J connectivity index is 2.41. The van der Waals surface area contributed by atoms with Crippen molar-refractivity contribution in [1.82, 2.24) is 10.3 Å². The third kappa shape index (κ3) is 2.82. The predicted molar refractivity (Wildman–Crippen MR) is 78.3 cm³/mol. The Morgan fingerprint density at radius 1 is 1.28 bits per heavy atom. The SMILES string of the molecule is CNC(C)(C)Cc1ccc2nc(Cl)c(C)cc2c1. The molecule has 0 atom stereocenters. The first-order chi connectivity index (χ1) is 8.41. The molecular formula is C15H19ClN2. The quantitative estimate of drug-likeness (QED) is 0.853. The second kappa shape index (κ2) is 4.87. The number of aromatic nitrogens is 1. The van der Waals surface area contributed by atoms with Gasteiger partial charge in [0.25, 0.3) is 0 Å². The number of pyridine rings is 1. The Labute approximate surface area is 113 Å². The summed E-state index contributed by atoms with van der Waals surface area (Å²) in [5, 5.41) is 5.06. The molecule has 0 amide bonds. The van der Waals surface area contributed by atoms with Crippen molar-refractivity contribution in [2.45, 2.75) is 32.7 Å². The van der Waals surface area contributed by atoms with Gasteiger partial charge in [-0.05, 0) is 63.6 Å². The summed E-state index contributed by atoms with van der Waals surface area (Å²) in [6, 6.07) is 8.47. The number of halogens is 1. The average molecular weight is 263 g/mol. The van der Waals surface area contributed by atoms with Gasteiger partial charge in [0, 0.05) is 10.9 Å². The molecule has 0 spiro atoms. The van der Waals surface area contributed by atoms with E-state index >= 15 is 0 Å². The van der Waals surface area contributed by atoms with Crippen molar-refractivity contribution in [3.05, 3.63) is 40.5 Å². The van der Waals surface area contributed by atoms with Gasteiger partial charge in [0.1, 0.15) is 5.15 Å². The molecule has 1 aromatic carbocycles. The van der Waals surface area contributed by atoms with Gasteiger partial charge in [0.2, 0.25) is 0 Å². The van der Waals surface area contributed by atoms with E-state index in [1.165, 1.54) is 5.56 Å². The number of nitrogens with zero attached hydrogens (tertiary/aromatic N) is 1. The number of hydrogen-bond acceptors (Lipinski definition) is 2. The maximum atomic E-state index is 6.04. The normalized spacial score (nSPS) is 12.1. The molecule has 2 aromatic rings. The number of nitrogens with one attached hydrogen (secondary N) is 1. The number of benzene rings is 1. The predicted octanol–water partition coefficient (Wildman–Crippen LogP) is 3.74. The molecule has 1 heterocycles. The monoisotopic (exact) mass is 262 g/mol. The van der Waals surface area contributed by atoms with Crippen LogP contribution >= 0.6 is 11.6 Å². The zero-order chi connectivity index (χ0) is 13.3. The minimum Gasteiger partial charge on any atom is -0.314 e. The van der Waals surface area contributed by atoms with Crippen molar-refractivity contribution < 1.29 is 0 Å². The molecule has 0 radical (unpaired) electrons. The summed E-state index contributed by atoms with van der Waals surface area (Å²) in [5.74, 6) is 0. The van der Waals surface area contributed by atoms with Crippen LogP contribution < -0.4 is 5.32 Å². The van der Waals surface area contributed by atoms with E-state index in [-0.39, 0.29) is 5.54 Å². The fourth-order valence-electron chi connectivity index (χ4n) is 2.02. The van der Waals surface area contributed by atoms with Gasteiger partial charge in [-0.2, -0.15) is 0 Å². The first kappa shape index (κ1) is 13.3. The summed E-state index contributed by atoms with van der Waals surface area (Å²) >= 11 is 6.04. The van der Waals surface area contributed by atoms with Crippen LogP contribution in [0.5, 0.6) is 0 Å². The topological polar surface area (TPSA) is 24.9 Å². The van der Waals surface area contributed by atoms with E-state index in [0.29, 0.717) is 5.15 Å². The third-order valence-corrected chi connectivity index (χ3v) is 3.71. The molecule has 1 N–H and O–H groups in total. The summed E-state index contributed by atoms with van der Waals surface area (Å²) in [4.78, 5) is 4.38. The Kier molecular flexibility index (Phi) is 3.60. The average Bonchev–Trinajstić information content (AvgIpc) is 2.31. The molecule has 1 aromatic heterocycles. The van der Waals surface area contributed by atoms with Crippen molar-refractivity contribution in [1.29, 1.82) is 0 Å². The van der Waals surface area contributed by atoms with E-state index in [2.05, 4.69) is 42.3 Å². The molecule has 0 aliphatic carbocycles. The van der Waals surface area contributed by atoms with E-state index in [0.717, 1.165) is 22.9 Å². The highest BCUT2D eigenvalue weighted by molar-refractivity contribution is 6.30. The second-order valence-electron chi connectivity index (χ2n) is 5.43. The molecule has 0 unspecified atom stereocenters. The van der Waals surface area contributed by atoms with Gasteiger partial charge < -0.3 is 5.32 Å². The van der Waals surface area contributed by atoms with Gasteiger partial charge in [-0.25, -0.2) is 4.98 Å². The van der Waals surface area contributed by atoms with E-state index < -0.39 is 0 Å². The van der Waals surface area contributed by atoms with Gasteiger partial charge in [-0.3, -0.25) is 0 Å². The number of hydrogen-bond donors (Lipinski definition) is 1. The fraction of sp³-hybridized carbons (Fsp3) is 0.400. The minimum atomic E-state index is 0.0998. The molecule has 2 rings (SSSR count). The summed E-state index contributed by atoms with van der Waals surface area (Å²) < 4.78 is 0. The van der Waals surface area contributed by atoms with Gasteiger partial charge >= 0.3 is 0 Å². The van der Waals surface area contributed by atoms with Crippen molar-refractivity contribution >= 4 is 22.5 Å². The Morgan fingerprint density at radius 2 is 2.00 bits per heavy atom. The molecule has 3 heteroatoms. The number of likely N-dealkylation sites (N-methyl/N-ethyl adjacent to an activating group) is 1. The lowest BCUT2D eigenvalue weighted by molar-refractivity contribution is 0.422. The minimum absolute atomic E-state index is 0.0998. The number of fused-ring (bicyclic) bond motifs is 1. The second-order valence-corrected chi connectivity index (χ2v) is 5.79. The van der Waals surface area contributed by atoms with Gasteiger partial charge in [0.05, 0.1) is 5.52 Å². The molecule has 0 aliphatic heterocycles. The molecule has 96 valence electrons. The van der Waals surface area contributed by atoms with E-state index in [1.54, 1.807) is 0 Å². The van der Waals surface area contributed by atoms with Crippen LogP contribution in [0.4, 0.5) is 0 Å². The molecule has 2 nitrogen and oxygen atoms in total. The molecule has 0 saturated carbocycles. The van der Waals surface area contributed by atoms with Gasteiger partial charge in [0.15, 0.2) is 0 Å². The molecule has 0 fully saturated rings. The highest BCUT2D eigenvalue weighted by atomic mass is 35.5. The van der Waals surface area contributed by atoms with Crippen LogP contribution in [0.15, 0.2) is 24.3 Å². The van der Waals surface area contributed by atoms with Crippen LogP contribution in [0.2, 0.25) is 5.15 Å². The van der Waals surface area contributed by atoms with Crippen LogP contribution in [0.3, 0.4) is 0 Å². The zero-order valence-electron chi connectivity index (χ0n) is 11.3. The van der Waals surface area contributed by atoms with Crippen LogP contribution in [0, 0.1) is 6.92 Å². The molecule has 0 saturated heterocycles. The smallest absolute Gasteiger partial charge is 0.132 e. The number of rotatable bonds is 3. The first-order valence-corrected chi connectivity index (χ1v) is 6.54. The maximum Gasteiger partial charge on any atom is 0.132 e. The lowest BCUT2D eigenvalue weighted by Gasteiger charge is -2.24. The van der Waals surface area contributed by atoms with Gasteiger partial charge in [-0.1, -0.05) is 17.7 Å². The summed E-state index contributed by atoms with van der Waals surface area (Å²) in [5.41, 5.74) is 3.39. The standard InChI is InChI=1S/C15H19ClN2/c1-10-7-12-8-11(9-15(2,3)17-4)5-6-13(12)18-14(10)16/h5-8,17H,9H2,1-4H3. The van der Waals surface area contributed by atoms with E-state index in [4.69, 9.17) is 11.6 Å². The van der Waals surface area contributed by atoms with Crippen LogP contribution in [-0.2, 0) is 6.42 Å². The summed E-state index contributed by atoms with van der Waals surface area (Å²) in [7, 11) is 1.99. The maximum absolute atomic E-state index is 6.04. The molecular weight excluding hydrogens is 244 g/mol. The number of aryl methyl sites for hydroxylation is 1.